The number of hydrogen-bond donors (Lipinski definition) is 0. The third-order valence-corrected chi connectivity index (χ3v) is 3.92. The standard InChI is InChI=1S/C18H19BrO4/c1-21-16-5-3-4-14(18(16)22-2)8-11-17(20)23-12-13-6-9-15(19)10-7-13/h3-7,9-10H,8,11-12H2,1-2H3. The number of carbonyl (C=O) groups excluding carboxylic acids is 1. The average molecular weight is 379 g/mol. The van der Waals surface area contributed by atoms with Crippen molar-refractivity contribution in [2.75, 3.05) is 14.2 Å². The molecule has 0 radical (unpaired) electrons. The minimum Gasteiger partial charge on any atom is -0.493 e. The molecule has 0 fully saturated rings. The molecule has 0 unspecified atom stereocenters. The summed E-state index contributed by atoms with van der Waals surface area (Å²) in [5.41, 5.74) is 1.88. The Kier molecular flexibility index (Phi) is 6.47. The van der Waals surface area contributed by atoms with Crippen molar-refractivity contribution in [3.8, 4) is 11.5 Å². The van der Waals surface area contributed by atoms with E-state index < -0.39 is 0 Å². The van der Waals surface area contributed by atoms with Crippen LogP contribution in [0.15, 0.2) is 46.9 Å². The Hall–Kier alpha value is -2.01. The lowest BCUT2D eigenvalue weighted by molar-refractivity contribution is -0.144. The van der Waals surface area contributed by atoms with Gasteiger partial charge in [0.15, 0.2) is 11.5 Å². The number of hydrogen-bond acceptors (Lipinski definition) is 4. The van der Waals surface area contributed by atoms with Crippen molar-refractivity contribution in [3.05, 3.63) is 58.1 Å². The number of halogens is 1. The third-order valence-electron chi connectivity index (χ3n) is 3.40. The van der Waals surface area contributed by atoms with Gasteiger partial charge in [-0.1, -0.05) is 40.2 Å². The van der Waals surface area contributed by atoms with E-state index in [9.17, 15) is 4.79 Å². The van der Waals surface area contributed by atoms with E-state index in [1.54, 1.807) is 14.2 Å². The van der Waals surface area contributed by atoms with Crippen LogP contribution >= 0.6 is 15.9 Å². The first-order valence-electron chi connectivity index (χ1n) is 7.24. The van der Waals surface area contributed by atoms with Gasteiger partial charge in [0.25, 0.3) is 0 Å². The van der Waals surface area contributed by atoms with Crippen molar-refractivity contribution in [2.24, 2.45) is 0 Å². The second kappa shape index (κ2) is 8.58. The molecule has 2 aromatic carbocycles. The average Bonchev–Trinajstić information content (AvgIpc) is 2.58. The molecule has 0 bridgehead atoms. The molecule has 2 aromatic rings. The Morgan fingerprint density at radius 3 is 2.43 bits per heavy atom. The number of aryl methyl sites for hydroxylation is 1. The maximum Gasteiger partial charge on any atom is 0.306 e. The van der Waals surface area contributed by atoms with Crippen LogP contribution in [0.5, 0.6) is 11.5 Å². The fourth-order valence-electron chi connectivity index (χ4n) is 2.20. The minimum atomic E-state index is -0.238. The quantitative estimate of drug-likeness (QED) is 0.679. The van der Waals surface area contributed by atoms with Gasteiger partial charge in [0.05, 0.1) is 14.2 Å². The molecule has 0 atom stereocenters. The molecule has 2 rings (SSSR count). The first-order chi connectivity index (χ1) is 11.1. The van der Waals surface area contributed by atoms with Gasteiger partial charge >= 0.3 is 5.97 Å². The van der Waals surface area contributed by atoms with E-state index >= 15 is 0 Å². The number of rotatable bonds is 7. The highest BCUT2D eigenvalue weighted by atomic mass is 79.9. The molecule has 0 N–H and O–H groups in total. The smallest absolute Gasteiger partial charge is 0.306 e. The van der Waals surface area contributed by atoms with Crippen LogP contribution in [0.25, 0.3) is 0 Å². The predicted molar refractivity (Wildman–Crippen MR) is 91.8 cm³/mol. The highest BCUT2D eigenvalue weighted by Crippen LogP contribution is 2.31. The van der Waals surface area contributed by atoms with Crippen molar-refractivity contribution < 1.29 is 19.0 Å². The van der Waals surface area contributed by atoms with Crippen molar-refractivity contribution in [1.29, 1.82) is 0 Å². The van der Waals surface area contributed by atoms with Crippen LogP contribution in [0.3, 0.4) is 0 Å². The maximum absolute atomic E-state index is 11.9. The molecule has 0 aliphatic rings. The maximum atomic E-state index is 11.9. The van der Waals surface area contributed by atoms with Crippen LogP contribution in [0, 0.1) is 0 Å². The minimum absolute atomic E-state index is 0.238. The van der Waals surface area contributed by atoms with E-state index in [1.807, 2.05) is 42.5 Å². The Labute approximate surface area is 144 Å². The van der Waals surface area contributed by atoms with Crippen LogP contribution in [-0.2, 0) is 22.6 Å². The predicted octanol–water partition coefficient (Wildman–Crippen LogP) is 4.14. The third kappa shape index (κ3) is 4.99. The summed E-state index contributed by atoms with van der Waals surface area (Å²) in [6.07, 6.45) is 0.833. The molecule has 122 valence electrons. The SMILES string of the molecule is COc1cccc(CCC(=O)OCc2ccc(Br)cc2)c1OC. The van der Waals surface area contributed by atoms with Crippen molar-refractivity contribution in [3.63, 3.8) is 0 Å². The van der Waals surface area contributed by atoms with Crippen molar-refractivity contribution >= 4 is 21.9 Å². The second-order valence-electron chi connectivity index (χ2n) is 4.94. The first-order valence-corrected chi connectivity index (χ1v) is 8.03. The topological polar surface area (TPSA) is 44.8 Å². The molecule has 0 aliphatic carbocycles. The van der Waals surface area contributed by atoms with Gasteiger partial charge in [-0.25, -0.2) is 0 Å². The number of esters is 1. The summed E-state index contributed by atoms with van der Waals surface area (Å²) in [5.74, 6) is 1.08. The van der Waals surface area contributed by atoms with Gasteiger partial charge in [0.1, 0.15) is 6.61 Å². The monoisotopic (exact) mass is 378 g/mol. The zero-order chi connectivity index (χ0) is 16.7. The normalized spacial score (nSPS) is 10.2. The van der Waals surface area contributed by atoms with Crippen LogP contribution < -0.4 is 9.47 Å². The molecule has 0 saturated carbocycles. The lowest BCUT2D eigenvalue weighted by Gasteiger charge is -2.12. The van der Waals surface area contributed by atoms with Gasteiger partial charge in [0.2, 0.25) is 0 Å². The number of para-hydroxylation sites is 1. The molecule has 0 amide bonds. The van der Waals surface area contributed by atoms with Crippen LogP contribution in [0.1, 0.15) is 17.5 Å². The summed E-state index contributed by atoms with van der Waals surface area (Å²) < 4.78 is 16.9. The van der Waals surface area contributed by atoms with E-state index in [1.165, 1.54) is 0 Å². The highest BCUT2D eigenvalue weighted by molar-refractivity contribution is 9.10. The fourth-order valence-corrected chi connectivity index (χ4v) is 2.47. The molecular formula is C18H19BrO4. The summed E-state index contributed by atoms with van der Waals surface area (Å²) in [5, 5.41) is 0. The highest BCUT2D eigenvalue weighted by Gasteiger charge is 2.11. The summed E-state index contributed by atoms with van der Waals surface area (Å²) in [6, 6.07) is 13.3. The van der Waals surface area contributed by atoms with Crippen molar-refractivity contribution in [2.45, 2.75) is 19.4 Å². The molecule has 0 saturated heterocycles. The molecule has 0 aromatic heterocycles. The van der Waals surface area contributed by atoms with Crippen molar-refractivity contribution in [1.82, 2.24) is 0 Å². The lowest BCUT2D eigenvalue weighted by Crippen LogP contribution is -2.06. The number of methoxy groups -OCH3 is 2. The van der Waals surface area contributed by atoms with Gasteiger partial charge in [-0.15, -0.1) is 0 Å². The van der Waals surface area contributed by atoms with Crippen LogP contribution in [0.2, 0.25) is 0 Å². The van der Waals surface area contributed by atoms with Gasteiger partial charge < -0.3 is 14.2 Å². The summed E-state index contributed by atoms with van der Waals surface area (Å²) >= 11 is 3.37. The Morgan fingerprint density at radius 2 is 1.78 bits per heavy atom. The zero-order valence-corrected chi connectivity index (χ0v) is 14.8. The molecule has 4 nitrogen and oxygen atoms in total. The van der Waals surface area contributed by atoms with E-state index in [-0.39, 0.29) is 12.6 Å². The first kappa shape index (κ1) is 17.3. The van der Waals surface area contributed by atoms with E-state index in [0.29, 0.717) is 24.3 Å². The van der Waals surface area contributed by atoms with E-state index in [0.717, 1.165) is 15.6 Å². The van der Waals surface area contributed by atoms with E-state index in [4.69, 9.17) is 14.2 Å². The number of benzene rings is 2. The largest absolute Gasteiger partial charge is 0.493 e. The lowest BCUT2D eigenvalue weighted by atomic mass is 10.1. The summed E-state index contributed by atoms with van der Waals surface area (Å²) in [7, 11) is 3.18. The Bertz CT molecular complexity index is 653. The van der Waals surface area contributed by atoms with Crippen LogP contribution in [-0.4, -0.2) is 20.2 Å². The second-order valence-corrected chi connectivity index (χ2v) is 5.86. The van der Waals surface area contributed by atoms with Crippen LogP contribution in [0.4, 0.5) is 0 Å². The van der Waals surface area contributed by atoms with Gasteiger partial charge in [-0.3, -0.25) is 4.79 Å². The molecular weight excluding hydrogens is 360 g/mol. The number of ether oxygens (including phenoxy) is 3. The van der Waals surface area contributed by atoms with Gasteiger partial charge in [0, 0.05) is 10.9 Å². The molecule has 0 heterocycles. The molecule has 0 aliphatic heterocycles. The number of carbonyl (C=O) groups is 1. The van der Waals surface area contributed by atoms with Gasteiger partial charge in [-0.05, 0) is 35.7 Å². The Balaban J connectivity index is 1.88. The molecule has 5 heteroatoms. The summed E-state index contributed by atoms with van der Waals surface area (Å²) in [4.78, 5) is 11.9. The molecule has 23 heavy (non-hydrogen) atoms. The fraction of sp³-hybridized carbons (Fsp3) is 0.278. The zero-order valence-electron chi connectivity index (χ0n) is 13.2. The van der Waals surface area contributed by atoms with E-state index in [2.05, 4.69) is 15.9 Å². The Morgan fingerprint density at radius 1 is 1.04 bits per heavy atom. The van der Waals surface area contributed by atoms with Gasteiger partial charge in [-0.2, -0.15) is 0 Å². The molecule has 0 spiro atoms. The summed E-state index contributed by atoms with van der Waals surface area (Å²) in [6.45, 7) is 0.279.